The van der Waals surface area contributed by atoms with Gasteiger partial charge in [-0.2, -0.15) is 0 Å². The Kier molecular flexibility index (Phi) is 6.07. The molecular weight excluding hydrogens is 212 g/mol. The molecule has 0 heterocycles. The van der Waals surface area contributed by atoms with Crippen LogP contribution in [-0.4, -0.2) is 25.0 Å². The van der Waals surface area contributed by atoms with E-state index in [0.717, 1.165) is 0 Å². The first-order chi connectivity index (χ1) is 7.40. The first kappa shape index (κ1) is 14.3. The zero-order chi connectivity index (χ0) is 12.7. The number of esters is 2. The lowest BCUT2D eigenvalue weighted by Crippen LogP contribution is -2.24. The van der Waals surface area contributed by atoms with Gasteiger partial charge in [-0.25, -0.2) is 4.79 Å². The molecule has 0 saturated heterocycles. The van der Waals surface area contributed by atoms with Crippen molar-refractivity contribution in [3.8, 4) is 0 Å². The van der Waals surface area contributed by atoms with E-state index < -0.39 is 30.6 Å². The van der Waals surface area contributed by atoms with Gasteiger partial charge in [-0.1, -0.05) is 20.4 Å². The number of carbonyl (C=O) groups excluding carboxylic acids is 3. The fourth-order valence-electron chi connectivity index (χ4n) is 0.728. The summed E-state index contributed by atoms with van der Waals surface area (Å²) in [7, 11) is 0. The molecule has 0 bridgehead atoms. The van der Waals surface area contributed by atoms with Crippen LogP contribution in [0, 0.1) is 11.8 Å². The predicted octanol–water partition coefficient (Wildman–Crippen LogP) is 1.08. The predicted molar refractivity (Wildman–Crippen MR) is 56.3 cm³/mol. The third-order valence-electron chi connectivity index (χ3n) is 2.11. The maximum Gasteiger partial charge on any atom is 0.335 e. The summed E-state index contributed by atoms with van der Waals surface area (Å²) in [4.78, 5) is 32.6. The first-order valence-electron chi connectivity index (χ1n) is 4.84. The lowest BCUT2D eigenvalue weighted by atomic mass is 9.98. The van der Waals surface area contributed by atoms with E-state index in [4.69, 9.17) is 0 Å². The summed E-state index contributed by atoms with van der Waals surface area (Å²) in [6.45, 7) is 7.58. The van der Waals surface area contributed by atoms with Crippen molar-refractivity contribution in [3.63, 3.8) is 0 Å². The molecule has 0 spiro atoms. The first-order valence-corrected chi connectivity index (χ1v) is 4.84. The van der Waals surface area contributed by atoms with E-state index >= 15 is 0 Å². The molecule has 90 valence electrons. The molecule has 0 aromatic carbocycles. The summed E-state index contributed by atoms with van der Waals surface area (Å²) >= 11 is 0. The van der Waals surface area contributed by atoms with Crippen LogP contribution in [0.4, 0.5) is 0 Å². The minimum absolute atomic E-state index is 0.227. The Labute approximate surface area is 94.4 Å². The minimum Gasteiger partial charge on any atom is -0.428 e. The molecule has 0 aromatic rings. The van der Waals surface area contributed by atoms with Crippen LogP contribution < -0.4 is 0 Å². The van der Waals surface area contributed by atoms with E-state index in [9.17, 15) is 14.4 Å². The molecule has 5 heteroatoms. The lowest BCUT2D eigenvalue weighted by molar-refractivity contribution is -0.168. The smallest absolute Gasteiger partial charge is 0.335 e. The van der Waals surface area contributed by atoms with Crippen molar-refractivity contribution in [2.75, 3.05) is 6.79 Å². The number of hydrogen-bond acceptors (Lipinski definition) is 5. The van der Waals surface area contributed by atoms with E-state index in [1.807, 2.05) is 0 Å². The number of ether oxygens (including phenoxy) is 2. The second-order valence-electron chi connectivity index (χ2n) is 3.58. The summed E-state index contributed by atoms with van der Waals surface area (Å²) in [5, 5.41) is 0. The van der Waals surface area contributed by atoms with Gasteiger partial charge in [-0.05, 0) is 6.92 Å². The summed E-state index contributed by atoms with van der Waals surface area (Å²) in [5.41, 5.74) is 0.227. The van der Waals surface area contributed by atoms with Crippen molar-refractivity contribution < 1.29 is 23.9 Å². The Bertz CT molecular complexity index is 295. The molecule has 0 N–H and O–H groups in total. The van der Waals surface area contributed by atoms with Crippen LogP contribution in [0.2, 0.25) is 0 Å². The van der Waals surface area contributed by atoms with Crippen molar-refractivity contribution in [2.24, 2.45) is 11.8 Å². The maximum atomic E-state index is 11.3. The van der Waals surface area contributed by atoms with Crippen molar-refractivity contribution in [1.29, 1.82) is 0 Å². The van der Waals surface area contributed by atoms with E-state index in [0.29, 0.717) is 6.29 Å². The third-order valence-corrected chi connectivity index (χ3v) is 2.11. The van der Waals surface area contributed by atoms with Gasteiger partial charge in [0.15, 0.2) is 0 Å². The van der Waals surface area contributed by atoms with Gasteiger partial charge in [0, 0.05) is 11.5 Å². The standard InChI is InChI=1S/C11H16O5/c1-7(2)10(13)15-6-16-11(14)9(4)8(3)5-12/h5,8-9H,1,6H2,2-4H3. The van der Waals surface area contributed by atoms with Crippen LogP contribution in [0.25, 0.3) is 0 Å². The zero-order valence-electron chi connectivity index (χ0n) is 9.69. The lowest BCUT2D eigenvalue weighted by Gasteiger charge is -2.13. The second-order valence-corrected chi connectivity index (χ2v) is 3.58. The van der Waals surface area contributed by atoms with Crippen LogP contribution in [-0.2, 0) is 23.9 Å². The van der Waals surface area contributed by atoms with E-state index in [1.54, 1.807) is 13.8 Å². The molecule has 0 aliphatic carbocycles. The second kappa shape index (κ2) is 6.76. The normalized spacial score (nSPS) is 13.4. The van der Waals surface area contributed by atoms with E-state index in [-0.39, 0.29) is 5.57 Å². The highest BCUT2D eigenvalue weighted by Crippen LogP contribution is 2.10. The molecule has 0 aromatic heterocycles. The van der Waals surface area contributed by atoms with Crippen molar-refractivity contribution >= 4 is 18.2 Å². The summed E-state index contributed by atoms with van der Waals surface area (Å²) in [6, 6.07) is 0. The molecule has 5 nitrogen and oxygen atoms in total. The molecule has 16 heavy (non-hydrogen) atoms. The van der Waals surface area contributed by atoms with Gasteiger partial charge in [0.2, 0.25) is 6.79 Å². The van der Waals surface area contributed by atoms with Gasteiger partial charge in [0.05, 0.1) is 5.92 Å². The van der Waals surface area contributed by atoms with Gasteiger partial charge >= 0.3 is 11.9 Å². The number of carbonyl (C=O) groups is 3. The van der Waals surface area contributed by atoms with Crippen LogP contribution >= 0.6 is 0 Å². The molecule has 0 aliphatic heterocycles. The topological polar surface area (TPSA) is 69.7 Å². The van der Waals surface area contributed by atoms with E-state index in [1.165, 1.54) is 6.92 Å². The van der Waals surface area contributed by atoms with Crippen LogP contribution in [0.1, 0.15) is 20.8 Å². The quantitative estimate of drug-likeness (QED) is 0.294. The average Bonchev–Trinajstić information content (AvgIpc) is 2.26. The minimum atomic E-state index is -0.621. The molecule has 0 fully saturated rings. The highest BCUT2D eigenvalue weighted by atomic mass is 16.7. The SMILES string of the molecule is C=C(C)C(=O)OCOC(=O)C(C)C(C)C=O. The van der Waals surface area contributed by atoms with Crippen molar-refractivity contribution in [1.82, 2.24) is 0 Å². The molecule has 0 rings (SSSR count). The summed E-state index contributed by atoms with van der Waals surface area (Å²) in [6.07, 6.45) is 0.672. The molecule has 0 aliphatic rings. The van der Waals surface area contributed by atoms with Gasteiger partial charge < -0.3 is 14.3 Å². The van der Waals surface area contributed by atoms with Crippen LogP contribution in [0.3, 0.4) is 0 Å². The number of aldehydes is 1. The Morgan fingerprint density at radius 1 is 1.31 bits per heavy atom. The Hall–Kier alpha value is -1.65. The Morgan fingerprint density at radius 3 is 2.31 bits per heavy atom. The fraction of sp³-hybridized carbons (Fsp3) is 0.545. The van der Waals surface area contributed by atoms with Gasteiger partial charge in [-0.3, -0.25) is 4.79 Å². The van der Waals surface area contributed by atoms with E-state index in [2.05, 4.69) is 16.1 Å². The number of rotatable bonds is 6. The van der Waals surface area contributed by atoms with Crippen molar-refractivity contribution in [3.05, 3.63) is 12.2 Å². The van der Waals surface area contributed by atoms with Crippen LogP contribution in [0.15, 0.2) is 12.2 Å². The monoisotopic (exact) mass is 228 g/mol. The summed E-state index contributed by atoms with van der Waals surface area (Å²) in [5.74, 6) is -2.18. The van der Waals surface area contributed by atoms with Crippen LogP contribution in [0.5, 0.6) is 0 Å². The fourth-order valence-corrected chi connectivity index (χ4v) is 0.728. The maximum absolute atomic E-state index is 11.3. The number of hydrogen-bond donors (Lipinski definition) is 0. The molecule has 0 saturated carbocycles. The highest BCUT2D eigenvalue weighted by Gasteiger charge is 2.21. The Morgan fingerprint density at radius 2 is 1.88 bits per heavy atom. The zero-order valence-corrected chi connectivity index (χ0v) is 9.69. The van der Waals surface area contributed by atoms with Gasteiger partial charge in [-0.15, -0.1) is 0 Å². The molecule has 2 atom stereocenters. The molecule has 0 amide bonds. The van der Waals surface area contributed by atoms with Gasteiger partial charge in [0.1, 0.15) is 6.29 Å². The largest absolute Gasteiger partial charge is 0.428 e. The summed E-state index contributed by atoms with van der Waals surface area (Å²) < 4.78 is 9.23. The highest BCUT2D eigenvalue weighted by molar-refractivity contribution is 5.87. The van der Waals surface area contributed by atoms with Crippen molar-refractivity contribution in [2.45, 2.75) is 20.8 Å². The van der Waals surface area contributed by atoms with Gasteiger partial charge in [0.25, 0.3) is 0 Å². The molecule has 0 radical (unpaired) electrons. The molecular formula is C11H16O5. The average molecular weight is 228 g/mol. The Balaban J connectivity index is 3.94. The molecule has 2 unspecified atom stereocenters. The third kappa shape index (κ3) is 4.72.